The average Bonchev–Trinajstić information content (AvgIpc) is 2.70. The molecule has 0 radical (unpaired) electrons. The molecule has 0 saturated carbocycles. The van der Waals surface area contributed by atoms with Gasteiger partial charge in [-0.05, 0) is 66.1 Å². The predicted octanol–water partition coefficient (Wildman–Crippen LogP) is 2.46. The molecule has 1 fully saturated rings. The zero-order valence-corrected chi connectivity index (χ0v) is 11.9. The van der Waals surface area contributed by atoms with Gasteiger partial charge in [-0.3, -0.25) is 4.90 Å². The van der Waals surface area contributed by atoms with Gasteiger partial charge in [0.05, 0.1) is 0 Å². The molecule has 0 spiro atoms. The van der Waals surface area contributed by atoms with E-state index in [0.29, 0.717) is 12.0 Å². The van der Waals surface area contributed by atoms with E-state index in [-0.39, 0.29) is 0 Å². The van der Waals surface area contributed by atoms with Gasteiger partial charge in [0.2, 0.25) is 0 Å². The van der Waals surface area contributed by atoms with Gasteiger partial charge in [0.1, 0.15) is 0 Å². The van der Waals surface area contributed by atoms with Crippen molar-refractivity contribution >= 4 is 22.6 Å². The monoisotopic (exact) mass is 330 g/mol. The van der Waals surface area contributed by atoms with Gasteiger partial charge in [-0.2, -0.15) is 0 Å². The number of hydrogen-bond acceptors (Lipinski definition) is 2. The summed E-state index contributed by atoms with van der Waals surface area (Å²) in [5.41, 5.74) is 7.35. The molecule has 0 aromatic heterocycles. The summed E-state index contributed by atoms with van der Waals surface area (Å²) in [5.74, 6) is 0.684. The summed E-state index contributed by atoms with van der Waals surface area (Å²) < 4.78 is 1.30. The molecule has 0 amide bonds. The Kier molecular flexibility index (Phi) is 4.21. The number of benzene rings is 1. The van der Waals surface area contributed by atoms with E-state index in [4.69, 9.17) is 5.73 Å². The zero-order valence-electron chi connectivity index (χ0n) is 9.70. The molecule has 2 rings (SSSR count). The lowest BCUT2D eigenvalue weighted by atomic mass is 10.0. The normalized spacial score (nSPS) is 23.6. The summed E-state index contributed by atoms with van der Waals surface area (Å²) >= 11 is 2.34. The predicted molar refractivity (Wildman–Crippen MR) is 76.2 cm³/mol. The van der Waals surface area contributed by atoms with Crippen LogP contribution < -0.4 is 5.73 Å². The van der Waals surface area contributed by atoms with Crippen LogP contribution >= 0.6 is 22.6 Å². The molecular weight excluding hydrogens is 311 g/mol. The van der Waals surface area contributed by atoms with Gasteiger partial charge in [0.25, 0.3) is 0 Å². The number of halogens is 1. The third-order valence-electron chi connectivity index (χ3n) is 3.37. The van der Waals surface area contributed by atoms with E-state index in [1.54, 1.807) is 0 Å². The summed E-state index contributed by atoms with van der Waals surface area (Å²) in [6.07, 6.45) is 1.25. The Morgan fingerprint density at radius 1 is 1.44 bits per heavy atom. The van der Waals surface area contributed by atoms with Gasteiger partial charge in [0.15, 0.2) is 0 Å². The van der Waals surface area contributed by atoms with Crippen molar-refractivity contribution in [3.05, 3.63) is 33.4 Å². The lowest BCUT2D eigenvalue weighted by Gasteiger charge is -2.17. The minimum atomic E-state index is 0.335. The third-order valence-corrected chi connectivity index (χ3v) is 4.09. The molecule has 0 aliphatic carbocycles. The molecule has 2 N–H and O–H groups in total. The number of hydrogen-bond donors (Lipinski definition) is 1. The van der Waals surface area contributed by atoms with E-state index < -0.39 is 0 Å². The molecule has 1 aromatic carbocycles. The fraction of sp³-hybridized carbons (Fsp3) is 0.538. The van der Waals surface area contributed by atoms with E-state index in [2.05, 4.69) is 58.7 Å². The van der Waals surface area contributed by atoms with Crippen molar-refractivity contribution in [1.29, 1.82) is 0 Å². The van der Waals surface area contributed by atoms with Crippen LogP contribution in [0.15, 0.2) is 24.3 Å². The first kappa shape index (κ1) is 12.3. The van der Waals surface area contributed by atoms with Gasteiger partial charge in [-0.15, -0.1) is 0 Å². The maximum absolute atomic E-state index is 5.95. The highest BCUT2D eigenvalue weighted by molar-refractivity contribution is 14.1. The quantitative estimate of drug-likeness (QED) is 0.863. The van der Waals surface area contributed by atoms with Crippen LogP contribution in [0.4, 0.5) is 0 Å². The van der Waals surface area contributed by atoms with Crippen molar-refractivity contribution in [2.75, 3.05) is 13.1 Å². The molecule has 0 bridgehead atoms. The van der Waals surface area contributed by atoms with Crippen molar-refractivity contribution in [1.82, 2.24) is 4.90 Å². The average molecular weight is 330 g/mol. The topological polar surface area (TPSA) is 29.3 Å². The molecular formula is C13H19IN2. The smallest absolute Gasteiger partial charge is 0.0233 e. The molecule has 1 saturated heterocycles. The molecule has 1 heterocycles. The molecule has 2 nitrogen and oxygen atoms in total. The highest BCUT2D eigenvalue weighted by atomic mass is 127. The summed E-state index contributed by atoms with van der Waals surface area (Å²) in [7, 11) is 0. The van der Waals surface area contributed by atoms with Crippen LogP contribution in [-0.2, 0) is 6.54 Å². The Labute approximate surface area is 111 Å². The van der Waals surface area contributed by atoms with E-state index in [1.165, 1.54) is 22.1 Å². The van der Waals surface area contributed by atoms with Crippen LogP contribution in [0, 0.1) is 9.49 Å². The van der Waals surface area contributed by atoms with Crippen LogP contribution in [-0.4, -0.2) is 24.0 Å². The molecule has 16 heavy (non-hydrogen) atoms. The first-order chi connectivity index (χ1) is 7.65. The SMILES string of the molecule is CC(N)C1CCN(Cc2ccc(I)cc2)C1. The number of rotatable bonds is 3. The summed E-state index contributed by atoms with van der Waals surface area (Å²) in [5, 5.41) is 0. The zero-order chi connectivity index (χ0) is 11.5. The highest BCUT2D eigenvalue weighted by Crippen LogP contribution is 2.20. The van der Waals surface area contributed by atoms with Crippen molar-refractivity contribution in [2.24, 2.45) is 11.7 Å². The van der Waals surface area contributed by atoms with Crippen LogP contribution in [0.2, 0.25) is 0 Å². The summed E-state index contributed by atoms with van der Waals surface area (Å²) in [6, 6.07) is 9.13. The molecule has 1 aliphatic heterocycles. The van der Waals surface area contributed by atoms with E-state index in [9.17, 15) is 0 Å². The molecule has 1 aliphatic rings. The number of likely N-dealkylation sites (tertiary alicyclic amines) is 1. The summed E-state index contributed by atoms with van der Waals surface area (Å²) in [6.45, 7) is 5.54. The second-order valence-corrected chi connectivity index (χ2v) is 6.02. The second kappa shape index (κ2) is 5.47. The fourth-order valence-electron chi connectivity index (χ4n) is 2.28. The van der Waals surface area contributed by atoms with Crippen LogP contribution in [0.3, 0.4) is 0 Å². The van der Waals surface area contributed by atoms with Crippen molar-refractivity contribution in [3.63, 3.8) is 0 Å². The van der Waals surface area contributed by atoms with Gasteiger partial charge >= 0.3 is 0 Å². The van der Waals surface area contributed by atoms with E-state index in [0.717, 1.165) is 13.1 Å². The fourth-order valence-corrected chi connectivity index (χ4v) is 2.64. The Morgan fingerprint density at radius 2 is 2.12 bits per heavy atom. The Hall–Kier alpha value is -0.130. The van der Waals surface area contributed by atoms with Gasteiger partial charge in [0, 0.05) is 22.7 Å². The second-order valence-electron chi connectivity index (χ2n) is 4.77. The van der Waals surface area contributed by atoms with Crippen LogP contribution in [0.25, 0.3) is 0 Å². The Morgan fingerprint density at radius 3 is 2.69 bits per heavy atom. The molecule has 88 valence electrons. The Bertz CT molecular complexity index is 334. The largest absolute Gasteiger partial charge is 0.328 e. The van der Waals surface area contributed by atoms with Crippen LogP contribution in [0.1, 0.15) is 18.9 Å². The maximum Gasteiger partial charge on any atom is 0.0233 e. The first-order valence-electron chi connectivity index (χ1n) is 5.87. The highest BCUT2D eigenvalue weighted by Gasteiger charge is 2.24. The lowest BCUT2D eigenvalue weighted by molar-refractivity contribution is 0.308. The first-order valence-corrected chi connectivity index (χ1v) is 6.95. The van der Waals surface area contributed by atoms with Gasteiger partial charge in [-0.25, -0.2) is 0 Å². The number of nitrogens with zero attached hydrogens (tertiary/aromatic N) is 1. The van der Waals surface area contributed by atoms with Crippen molar-refractivity contribution in [3.8, 4) is 0 Å². The van der Waals surface area contributed by atoms with E-state index in [1.807, 2.05) is 0 Å². The lowest BCUT2D eigenvalue weighted by Crippen LogP contribution is -2.29. The summed E-state index contributed by atoms with van der Waals surface area (Å²) in [4.78, 5) is 2.51. The van der Waals surface area contributed by atoms with Crippen molar-refractivity contribution < 1.29 is 0 Å². The molecule has 3 heteroatoms. The number of nitrogens with two attached hydrogens (primary N) is 1. The maximum atomic E-state index is 5.95. The third kappa shape index (κ3) is 3.18. The molecule has 2 atom stereocenters. The Balaban J connectivity index is 1.89. The standard InChI is InChI=1S/C13H19IN2/c1-10(15)12-6-7-16(9-12)8-11-2-4-13(14)5-3-11/h2-5,10,12H,6-9,15H2,1H3. The van der Waals surface area contributed by atoms with Crippen LogP contribution in [0.5, 0.6) is 0 Å². The van der Waals surface area contributed by atoms with Crippen molar-refractivity contribution in [2.45, 2.75) is 25.9 Å². The minimum absolute atomic E-state index is 0.335. The van der Waals surface area contributed by atoms with Gasteiger partial charge < -0.3 is 5.73 Å². The van der Waals surface area contributed by atoms with E-state index >= 15 is 0 Å². The molecule has 1 aromatic rings. The minimum Gasteiger partial charge on any atom is -0.328 e. The molecule has 2 unspecified atom stereocenters. The van der Waals surface area contributed by atoms with Gasteiger partial charge in [-0.1, -0.05) is 12.1 Å².